The Morgan fingerprint density at radius 1 is 1.00 bits per heavy atom. The van der Waals surface area contributed by atoms with Crippen LogP contribution in [0.5, 0.6) is 0 Å². The van der Waals surface area contributed by atoms with Gasteiger partial charge in [0.05, 0.1) is 0 Å². The molecule has 1 heterocycles. The van der Waals surface area contributed by atoms with Crippen LogP contribution in [0, 0.1) is 0 Å². The Balaban J connectivity index is 1.82. The molecule has 0 unspecified atom stereocenters. The number of nitrogens with one attached hydrogen (secondary N) is 2. The summed E-state index contributed by atoms with van der Waals surface area (Å²) in [6.07, 6.45) is 1.68. The van der Waals surface area contributed by atoms with Gasteiger partial charge in [0.15, 0.2) is 5.13 Å². The zero-order valence-electron chi connectivity index (χ0n) is 14.3. The van der Waals surface area contributed by atoms with E-state index in [2.05, 4.69) is 41.6 Å². The predicted molar refractivity (Wildman–Crippen MR) is 104 cm³/mol. The number of benzene rings is 2. The molecule has 3 aromatic rings. The highest BCUT2D eigenvalue weighted by Gasteiger charge is 2.21. The standard InChI is InChI=1S/C20H21N3OS/c1-14(2)15-8-10-17(11-9-15)22-18(16-6-4-3-5-7-16)19(24)23-20-21-12-13-25-20/h3-14,18,22H,1-2H3,(H,21,23,24)/t18-/m1/s1. The number of carbonyl (C=O) groups is 1. The smallest absolute Gasteiger partial charge is 0.253 e. The summed E-state index contributed by atoms with van der Waals surface area (Å²) < 4.78 is 0. The summed E-state index contributed by atoms with van der Waals surface area (Å²) >= 11 is 1.40. The van der Waals surface area contributed by atoms with Crippen LogP contribution in [-0.4, -0.2) is 10.9 Å². The lowest BCUT2D eigenvalue weighted by atomic mass is 10.0. The molecule has 2 aromatic carbocycles. The lowest BCUT2D eigenvalue weighted by molar-refractivity contribution is -0.117. The van der Waals surface area contributed by atoms with Crippen molar-refractivity contribution in [3.63, 3.8) is 0 Å². The van der Waals surface area contributed by atoms with Crippen molar-refractivity contribution in [1.29, 1.82) is 0 Å². The van der Waals surface area contributed by atoms with E-state index in [1.54, 1.807) is 6.20 Å². The van der Waals surface area contributed by atoms with Gasteiger partial charge in [-0.2, -0.15) is 0 Å². The van der Waals surface area contributed by atoms with Gasteiger partial charge >= 0.3 is 0 Å². The van der Waals surface area contributed by atoms with E-state index in [0.29, 0.717) is 11.0 Å². The Labute approximate surface area is 151 Å². The first-order valence-corrected chi connectivity index (χ1v) is 9.13. The van der Waals surface area contributed by atoms with Gasteiger partial charge in [0.25, 0.3) is 5.91 Å². The molecule has 0 saturated carbocycles. The number of carbonyl (C=O) groups excluding carboxylic acids is 1. The van der Waals surface area contributed by atoms with E-state index in [1.165, 1.54) is 16.9 Å². The molecule has 1 aromatic heterocycles. The van der Waals surface area contributed by atoms with Crippen LogP contribution in [0.4, 0.5) is 10.8 Å². The maximum atomic E-state index is 12.8. The van der Waals surface area contributed by atoms with Crippen LogP contribution in [0.3, 0.4) is 0 Å². The van der Waals surface area contributed by atoms with Crippen LogP contribution >= 0.6 is 11.3 Å². The van der Waals surface area contributed by atoms with Crippen molar-refractivity contribution in [2.45, 2.75) is 25.8 Å². The van der Waals surface area contributed by atoms with Gasteiger partial charge in [-0.15, -0.1) is 11.3 Å². The first-order chi connectivity index (χ1) is 12.1. The lowest BCUT2D eigenvalue weighted by Gasteiger charge is -2.20. The molecule has 4 nitrogen and oxygen atoms in total. The maximum Gasteiger partial charge on any atom is 0.253 e. The molecule has 1 amide bonds. The van der Waals surface area contributed by atoms with Gasteiger partial charge in [-0.3, -0.25) is 10.1 Å². The average Bonchev–Trinajstić information content (AvgIpc) is 3.13. The van der Waals surface area contributed by atoms with Crippen molar-refractivity contribution in [2.75, 3.05) is 10.6 Å². The minimum atomic E-state index is -0.491. The van der Waals surface area contributed by atoms with Gasteiger partial charge in [0.2, 0.25) is 0 Å². The number of aromatic nitrogens is 1. The fourth-order valence-electron chi connectivity index (χ4n) is 2.54. The number of nitrogens with zero attached hydrogens (tertiary/aromatic N) is 1. The fourth-order valence-corrected chi connectivity index (χ4v) is 3.07. The molecule has 5 heteroatoms. The van der Waals surface area contributed by atoms with Crippen molar-refractivity contribution in [3.05, 3.63) is 77.3 Å². The Morgan fingerprint density at radius 3 is 2.32 bits per heavy atom. The third-order valence-electron chi connectivity index (χ3n) is 3.95. The maximum absolute atomic E-state index is 12.8. The molecular weight excluding hydrogens is 330 g/mol. The molecule has 1 atom stereocenters. The van der Waals surface area contributed by atoms with Crippen LogP contribution in [0.2, 0.25) is 0 Å². The second-order valence-corrected chi connectivity index (χ2v) is 6.99. The van der Waals surface area contributed by atoms with Gasteiger partial charge < -0.3 is 5.32 Å². The highest BCUT2D eigenvalue weighted by molar-refractivity contribution is 7.13. The highest BCUT2D eigenvalue weighted by atomic mass is 32.1. The van der Waals surface area contributed by atoms with Gasteiger partial charge in [-0.25, -0.2) is 4.98 Å². The Kier molecular flexibility index (Phi) is 5.46. The molecule has 0 saturated heterocycles. The number of thiazole rings is 1. The Bertz CT molecular complexity index is 799. The number of hydrogen-bond acceptors (Lipinski definition) is 4. The van der Waals surface area contributed by atoms with E-state index < -0.39 is 6.04 Å². The summed E-state index contributed by atoms with van der Waals surface area (Å²) in [5.41, 5.74) is 3.09. The first-order valence-electron chi connectivity index (χ1n) is 8.25. The molecule has 0 aliphatic heterocycles. The molecule has 0 aliphatic rings. The first kappa shape index (κ1) is 17.2. The summed E-state index contributed by atoms with van der Waals surface area (Å²) in [5.74, 6) is 0.348. The summed E-state index contributed by atoms with van der Waals surface area (Å²) in [5, 5.41) is 8.65. The third kappa shape index (κ3) is 4.45. The van der Waals surface area contributed by atoms with Gasteiger partial charge in [0.1, 0.15) is 6.04 Å². The second kappa shape index (κ2) is 7.94. The SMILES string of the molecule is CC(C)c1ccc(N[C@@H](C(=O)Nc2nccs2)c2ccccc2)cc1. The van der Waals surface area contributed by atoms with Crippen molar-refractivity contribution >= 4 is 28.1 Å². The third-order valence-corrected chi connectivity index (χ3v) is 4.63. The molecule has 0 fully saturated rings. The van der Waals surface area contributed by atoms with Crippen molar-refractivity contribution in [1.82, 2.24) is 4.98 Å². The van der Waals surface area contributed by atoms with E-state index in [1.807, 2.05) is 47.8 Å². The summed E-state index contributed by atoms with van der Waals surface area (Å²) in [6.45, 7) is 4.33. The van der Waals surface area contributed by atoms with E-state index >= 15 is 0 Å². The van der Waals surface area contributed by atoms with Crippen molar-refractivity contribution in [2.24, 2.45) is 0 Å². The van der Waals surface area contributed by atoms with Crippen molar-refractivity contribution in [3.8, 4) is 0 Å². The summed E-state index contributed by atoms with van der Waals surface area (Å²) in [7, 11) is 0. The van der Waals surface area contributed by atoms with Crippen LogP contribution in [0.25, 0.3) is 0 Å². The molecule has 25 heavy (non-hydrogen) atoms. The second-order valence-electron chi connectivity index (χ2n) is 6.09. The van der Waals surface area contributed by atoms with Crippen molar-refractivity contribution < 1.29 is 4.79 Å². The van der Waals surface area contributed by atoms with Gasteiger partial charge in [-0.05, 0) is 29.2 Å². The summed E-state index contributed by atoms with van der Waals surface area (Å²) in [4.78, 5) is 16.9. The number of rotatable bonds is 6. The van der Waals surface area contributed by atoms with E-state index in [4.69, 9.17) is 0 Å². The number of amides is 1. The molecule has 0 aliphatic carbocycles. The minimum absolute atomic E-state index is 0.130. The molecule has 0 bridgehead atoms. The number of anilines is 2. The fraction of sp³-hybridized carbons (Fsp3) is 0.200. The van der Waals surface area contributed by atoms with E-state index in [9.17, 15) is 4.79 Å². The van der Waals surface area contributed by atoms with Crippen LogP contribution in [0.15, 0.2) is 66.2 Å². The Morgan fingerprint density at radius 2 is 1.72 bits per heavy atom. The molecule has 2 N–H and O–H groups in total. The molecular formula is C20H21N3OS. The van der Waals surface area contributed by atoms with Gasteiger partial charge in [-0.1, -0.05) is 56.3 Å². The zero-order chi connectivity index (χ0) is 17.6. The minimum Gasteiger partial charge on any atom is -0.370 e. The molecule has 3 rings (SSSR count). The monoisotopic (exact) mass is 351 g/mol. The van der Waals surface area contributed by atoms with E-state index in [-0.39, 0.29) is 5.91 Å². The normalized spacial score (nSPS) is 12.0. The topological polar surface area (TPSA) is 54.0 Å². The van der Waals surface area contributed by atoms with Crippen LogP contribution in [-0.2, 0) is 4.79 Å². The van der Waals surface area contributed by atoms with Crippen LogP contribution < -0.4 is 10.6 Å². The molecule has 0 radical (unpaired) electrons. The van der Waals surface area contributed by atoms with E-state index in [0.717, 1.165) is 11.3 Å². The van der Waals surface area contributed by atoms with Gasteiger partial charge in [0, 0.05) is 17.3 Å². The zero-order valence-corrected chi connectivity index (χ0v) is 15.1. The highest BCUT2D eigenvalue weighted by Crippen LogP contribution is 2.24. The largest absolute Gasteiger partial charge is 0.370 e. The quantitative estimate of drug-likeness (QED) is 0.653. The average molecular weight is 351 g/mol. The molecule has 128 valence electrons. The number of hydrogen-bond donors (Lipinski definition) is 2. The Hall–Kier alpha value is -2.66. The lowest BCUT2D eigenvalue weighted by Crippen LogP contribution is -2.27. The summed E-state index contributed by atoms with van der Waals surface area (Å²) in [6, 6.07) is 17.4. The molecule has 0 spiro atoms. The van der Waals surface area contributed by atoms with Crippen LogP contribution in [0.1, 0.15) is 36.9 Å². The predicted octanol–water partition coefficient (Wildman–Crippen LogP) is 5.06.